The van der Waals surface area contributed by atoms with E-state index in [2.05, 4.69) is 93.2 Å². The van der Waals surface area contributed by atoms with Crippen molar-refractivity contribution in [2.24, 2.45) is 0 Å². The Hall–Kier alpha value is -1.21. The first kappa shape index (κ1) is 17.1. The van der Waals surface area contributed by atoms with E-state index in [1.807, 2.05) is 0 Å². The van der Waals surface area contributed by atoms with Crippen molar-refractivity contribution in [1.82, 2.24) is 9.80 Å². The minimum Gasteiger partial charge on any atom is -0.509 e. The molecular weight excluding hydrogens is 287 g/mol. The van der Waals surface area contributed by atoms with E-state index in [1.54, 1.807) is 0 Å². The molecule has 0 fully saturated rings. The molecule has 0 saturated carbocycles. The molecule has 0 N–H and O–H groups in total. The lowest BCUT2D eigenvalue weighted by Crippen LogP contribution is -2.26. The predicted molar refractivity (Wildman–Crippen MR) is 98.3 cm³/mol. The molecule has 2 nitrogen and oxygen atoms in total. The quantitative estimate of drug-likeness (QED) is 0.752. The fraction of sp³-hybridized carbons (Fsp3) is 0.368. The van der Waals surface area contributed by atoms with Gasteiger partial charge in [0.1, 0.15) is 0 Å². The van der Waals surface area contributed by atoms with Crippen LogP contribution < -0.4 is 5.30 Å². The van der Waals surface area contributed by atoms with Crippen molar-refractivity contribution in [1.29, 1.82) is 0 Å². The molecule has 2 rings (SSSR count). The van der Waals surface area contributed by atoms with E-state index in [9.17, 15) is 0 Å². The van der Waals surface area contributed by atoms with Gasteiger partial charge in [0.15, 0.2) is 0 Å². The molecular formula is C19H26N2P-. The van der Waals surface area contributed by atoms with E-state index in [1.165, 1.54) is 30.6 Å². The molecule has 0 bridgehead atoms. The summed E-state index contributed by atoms with van der Waals surface area (Å²) in [7, 11) is 9.90. The van der Waals surface area contributed by atoms with Crippen LogP contribution >= 0.6 is 8.58 Å². The Bertz CT molecular complexity index is 608. The maximum absolute atomic E-state index is 2.32. The van der Waals surface area contributed by atoms with E-state index < -0.39 is 0 Å². The zero-order valence-electron chi connectivity index (χ0n) is 14.2. The average Bonchev–Trinajstić information content (AvgIpc) is 2.49. The minimum absolute atomic E-state index is 0.291. The second-order valence-corrected chi connectivity index (χ2v) is 7.01. The Morgan fingerprint density at radius 2 is 1.45 bits per heavy atom. The van der Waals surface area contributed by atoms with Gasteiger partial charge in [-0.1, -0.05) is 54.1 Å². The van der Waals surface area contributed by atoms with Gasteiger partial charge >= 0.3 is 0 Å². The minimum atomic E-state index is 0.291. The topological polar surface area (TPSA) is 6.48 Å². The first-order chi connectivity index (χ1) is 10.5. The molecule has 118 valence electrons. The highest BCUT2D eigenvalue weighted by atomic mass is 31.1. The van der Waals surface area contributed by atoms with E-state index in [0.29, 0.717) is 6.04 Å². The van der Waals surface area contributed by atoms with Crippen molar-refractivity contribution in [2.45, 2.75) is 12.6 Å². The molecule has 0 heterocycles. The van der Waals surface area contributed by atoms with E-state index in [0.717, 1.165) is 6.54 Å². The first-order valence-electron chi connectivity index (χ1n) is 7.62. The van der Waals surface area contributed by atoms with Crippen molar-refractivity contribution in [3.63, 3.8) is 0 Å². The molecule has 1 unspecified atom stereocenters. The van der Waals surface area contributed by atoms with Gasteiger partial charge in [-0.3, -0.25) is 4.90 Å². The Morgan fingerprint density at radius 3 is 2.05 bits per heavy atom. The van der Waals surface area contributed by atoms with Gasteiger partial charge in [0, 0.05) is 6.54 Å². The van der Waals surface area contributed by atoms with Crippen LogP contribution in [0.3, 0.4) is 0 Å². The highest BCUT2D eigenvalue weighted by Crippen LogP contribution is 2.30. The number of hydrogen-bond donors (Lipinski definition) is 0. The summed E-state index contributed by atoms with van der Waals surface area (Å²) >= 11 is 0. The summed E-state index contributed by atoms with van der Waals surface area (Å²) in [6.07, 6.45) is 0. The number of benzene rings is 2. The fourth-order valence-electron chi connectivity index (χ4n) is 2.93. The SMILES string of the molecule is C[P-]c1ccccc1C(c1ccccc1CN(C)C)N(C)C. The van der Waals surface area contributed by atoms with E-state index in [-0.39, 0.29) is 0 Å². The third kappa shape index (κ3) is 3.95. The second-order valence-electron chi connectivity index (χ2n) is 6.09. The Morgan fingerprint density at radius 1 is 0.864 bits per heavy atom. The summed E-state index contributed by atoms with van der Waals surface area (Å²) in [6, 6.07) is 17.9. The van der Waals surface area contributed by atoms with Crippen molar-refractivity contribution in [2.75, 3.05) is 34.9 Å². The van der Waals surface area contributed by atoms with Gasteiger partial charge in [-0.25, -0.2) is 0 Å². The normalized spacial score (nSPS) is 13.4. The van der Waals surface area contributed by atoms with E-state index >= 15 is 0 Å². The van der Waals surface area contributed by atoms with Crippen LogP contribution in [0.4, 0.5) is 0 Å². The molecule has 0 aliphatic heterocycles. The number of hydrogen-bond acceptors (Lipinski definition) is 2. The van der Waals surface area contributed by atoms with Crippen LogP contribution in [0.25, 0.3) is 0 Å². The van der Waals surface area contributed by atoms with Crippen molar-refractivity contribution >= 4 is 13.9 Å². The Kier molecular flexibility index (Phi) is 6.14. The zero-order valence-corrected chi connectivity index (χ0v) is 15.1. The van der Waals surface area contributed by atoms with Crippen molar-refractivity contribution < 1.29 is 0 Å². The van der Waals surface area contributed by atoms with Crippen LogP contribution in [0, 0.1) is 0 Å². The van der Waals surface area contributed by atoms with Gasteiger partial charge in [0.25, 0.3) is 0 Å². The molecule has 0 aliphatic carbocycles. The number of rotatable bonds is 6. The van der Waals surface area contributed by atoms with Gasteiger partial charge in [-0.2, -0.15) is 12.0 Å². The van der Waals surface area contributed by atoms with Gasteiger partial charge in [-0.05, 0) is 39.3 Å². The first-order valence-corrected chi connectivity index (χ1v) is 8.96. The predicted octanol–water partition coefficient (Wildman–Crippen LogP) is 3.60. The summed E-state index contributed by atoms with van der Waals surface area (Å²) in [5, 5.41) is 1.40. The van der Waals surface area contributed by atoms with Crippen molar-refractivity contribution in [3.05, 3.63) is 65.2 Å². The monoisotopic (exact) mass is 313 g/mol. The van der Waals surface area contributed by atoms with Crippen molar-refractivity contribution in [3.8, 4) is 0 Å². The fourth-order valence-corrected chi connectivity index (χ4v) is 3.62. The molecule has 22 heavy (non-hydrogen) atoms. The molecule has 0 aromatic heterocycles. The Labute approximate surface area is 136 Å². The number of nitrogens with zero attached hydrogens (tertiary/aromatic N) is 2. The second kappa shape index (κ2) is 7.87. The maximum atomic E-state index is 2.32. The molecule has 0 saturated heterocycles. The van der Waals surface area contributed by atoms with Gasteiger partial charge in [0.2, 0.25) is 0 Å². The summed E-state index contributed by atoms with van der Waals surface area (Å²) in [5.74, 6) is 0. The highest BCUT2D eigenvalue weighted by Gasteiger charge is 2.19. The van der Waals surface area contributed by atoms with Crippen LogP contribution in [0.5, 0.6) is 0 Å². The average molecular weight is 313 g/mol. The lowest BCUT2D eigenvalue weighted by molar-refractivity contribution is 0.336. The van der Waals surface area contributed by atoms with Gasteiger partial charge in [-0.15, -0.1) is 0 Å². The van der Waals surface area contributed by atoms with Crippen LogP contribution in [0.1, 0.15) is 22.7 Å². The third-order valence-electron chi connectivity index (χ3n) is 3.82. The third-order valence-corrected chi connectivity index (χ3v) is 4.71. The molecule has 0 amide bonds. The van der Waals surface area contributed by atoms with Gasteiger partial charge in [0.05, 0.1) is 6.04 Å². The van der Waals surface area contributed by atoms with Crippen LogP contribution in [0.2, 0.25) is 0 Å². The van der Waals surface area contributed by atoms with Crippen LogP contribution in [0.15, 0.2) is 48.5 Å². The molecule has 3 heteroatoms. The summed E-state index contributed by atoms with van der Waals surface area (Å²) in [4.78, 5) is 4.55. The smallest absolute Gasteiger partial charge is 0.0578 e. The Balaban J connectivity index is 2.54. The lowest BCUT2D eigenvalue weighted by Gasteiger charge is -2.32. The van der Waals surface area contributed by atoms with Crippen LogP contribution in [-0.2, 0) is 6.54 Å². The highest BCUT2D eigenvalue weighted by molar-refractivity contribution is 7.46. The molecule has 0 aliphatic rings. The van der Waals surface area contributed by atoms with Gasteiger partial charge < -0.3 is 13.5 Å². The molecule has 0 radical (unpaired) electrons. The summed E-state index contributed by atoms with van der Waals surface area (Å²) < 4.78 is 0. The molecule has 2 aromatic carbocycles. The largest absolute Gasteiger partial charge is 0.509 e. The lowest BCUT2D eigenvalue weighted by atomic mass is 9.93. The maximum Gasteiger partial charge on any atom is 0.0578 e. The molecule has 2 aromatic rings. The summed E-state index contributed by atoms with van der Waals surface area (Å²) in [5.41, 5.74) is 4.20. The van der Waals surface area contributed by atoms with Crippen LogP contribution in [-0.4, -0.2) is 44.7 Å². The molecule has 0 spiro atoms. The van der Waals surface area contributed by atoms with E-state index in [4.69, 9.17) is 0 Å². The standard InChI is InChI=1S/C19H26N2P/c1-20(2)14-15-10-6-7-11-16(15)19(21(3)4)17-12-8-9-13-18(17)22-5/h6-13,19H,14H2,1-5H3/q-1. The molecule has 1 atom stereocenters. The zero-order chi connectivity index (χ0) is 16.1. The summed E-state index contributed by atoms with van der Waals surface area (Å²) in [6.45, 7) is 3.17.